The van der Waals surface area contributed by atoms with E-state index in [0.29, 0.717) is 36.3 Å². The van der Waals surface area contributed by atoms with Crippen LogP contribution in [0.3, 0.4) is 0 Å². The van der Waals surface area contributed by atoms with Gasteiger partial charge in [0.05, 0.1) is 32.9 Å². The second-order valence-corrected chi connectivity index (χ2v) is 9.20. The number of ether oxygens (including phenoxy) is 3. The monoisotopic (exact) mass is 513 g/mol. The number of unbranched alkanes of at least 4 members (excludes halogenated alkanes) is 1. The fraction of sp³-hybridized carbons (Fsp3) is 0.444. The zero-order chi connectivity index (χ0) is 26.5. The van der Waals surface area contributed by atoms with E-state index in [1.807, 2.05) is 12.1 Å². The van der Waals surface area contributed by atoms with E-state index in [1.54, 1.807) is 12.1 Å². The van der Waals surface area contributed by atoms with Crippen LogP contribution < -0.4 is 19.1 Å². The molecule has 37 heavy (non-hydrogen) atoms. The van der Waals surface area contributed by atoms with E-state index < -0.39 is 11.8 Å². The van der Waals surface area contributed by atoms with Crippen LogP contribution in [0.4, 0.5) is 10.1 Å². The van der Waals surface area contributed by atoms with Crippen LogP contribution in [0, 0.1) is 11.2 Å². The maximum absolute atomic E-state index is 15.1. The van der Waals surface area contributed by atoms with Crippen LogP contribution in [0.1, 0.15) is 53.6 Å². The molecule has 0 atom stereocenters. The van der Waals surface area contributed by atoms with Gasteiger partial charge in [-0.2, -0.15) is 0 Å². The van der Waals surface area contributed by atoms with Crippen molar-refractivity contribution in [2.24, 2.45) is 0 Å². The molecule has 198 valence electrons. The lowest BCUT2D eigenvalue weighted by atomic mass is 10.1. The van der Waals surface area contributed by atoms with Crippen molar-refractivity contribution in [3.8, 4) is 17.2 Å². The topological polar surface area (TPSA) is 112 Å². The number of ketones is 1. The molecule has 2 aromatic rings. The van der Waals surface area contributed by atoms with Gasteiger partial charge >= 0.3 is 5.97 Å². The summed E-state index contributed by atoms with van der Waals surface area (Å²) < 4.78 is 31.3. The van der Waals surface area contributed by atoms with Gasteiger partial charge in [0.2, 0.25) is 0 Å². The molecule has 2 aromatic carbocycles. The van der Waals surface area contributed by atoms with Crippen LogP contribution in [0.2, 0.25) is 0 Å². The summed E-state index contributed by atoms with van der Waals surface area (Å²) in [7, 11) is 2.76. The Labute approximate surface area is 215 Å². The Morgan fingerprint density at radius 3 is 2.51 bits per heavy atom. The molecule has 2 heterocycles. The lowest BCUT2D eigenvalue weighted by molar-refractivity contribution is -0.137. The molecule has 2 N–H and O–H groups in total. The lowest BCUT2D eigenvalue weighted by Gasteiger charge is -2.21. The molecule has 0 aliphatic carbocycles. The number of hydrogen-bond acceptors (Lipinski definition) is 7. The van der Waals surface area contributed by atoms with Crippen LogP contribution >= 0.6 is 0 Å². The quantitative estimate of drug-likeness (QED) is 0.322. The first kappa shape index (κ1) is 26.2. The number of hydrogen-bond donors (Lipinski definition) is 2. The van der Waals surface area contributed by atoms with E-state index in [9.17, 15) is 9.59 Å². The Bertz CT molecular complexity index is 1200. The van der Waals surface area contributed by atoms with Gasteiger partial charge in [-0.3, -0.25) is 15.0 Å². The molecular formula is C27H32FN3O6. The highest BCUT2D eigenvalue weighted by Gasteiger charge is 2.33. The first-order valence-electron chi connectivity index (χ1n) is 12.4. The summed E-state index contributed by atoms with van der Waals surface area (Å²) in [6.07, 6.45) is 3.34. The van der Waals surface area contributed by atoms with Crippen LogP contribution in [0.15, 0.2) is 24.3 Å². The molecule has 9 nitrogen and oxygen atoms in total. The molecule has 1 fully saturated rings. The first-order chi connectivity index (χ1) is 17.8. The van der Waals surface area contributed by atoms with Gasteiger partial charge in [-0.1, -0.05) is 0 Å². The van der Waals surface area contributed by atoms with Crippen LogP contribution in [0.25, 0.3) is 0 Å². The van der Waals surface area contributed by atoms with Crippen molar-refractivity contribution < 1.29 is 33.3 Å². The summed E-state index contributed by atoms with van der Waals surface area (Å²) in [4.78, 5) is 27.8. The van der Waals surface area contributed by atoms with Crippen molar-refractivity contribution in [2.75, 3.05) is 45.4 Å². The minimum Gasteiger partial charge on any atom is -0.493 e. The fourth-order valence-corrected chi connectivity index (χ4v) is 4.78. The van der Waals surface area contributed by atoms with Gasteiger partial charge in [0.15, 0.2) is 23.1 Å². The Balaban J connectivity index is 1.51. The van der Waals surface area contributed by atoms with Crippen molar-refractivity contribution in [1.82, 2.24) is 4.90 Å². The Morgan fingerprint density at radius 1 is 1.08 bits per heavy atom. The zero-order valence-electron chi connectivity index (χ0n) is 21.1. The maximum Gasteiger partial charge on any atom is 0.303 e. The van der Waals surface area contributed by atoms with Crippen LogP contribution in [-0.4, -0.2) is 68.1 Å². The number of amidine groups is 1. The number of carbonyl (C=O) groups excluding carboxylic acids is 1. The highest BCUT2D eigenvalue weighted by molar-refractivity contribution is 6.06. The number of carbonyl (C=O) groups is 2. The average molecular weight is 514 g/mol. The Kier molecular flexibility index (Phi) is 8.15. The number of halogens is 1. The maximum atomic E-state index is 15.1. The molecule has 0 radical (unpaired) electrons. The summed E-state index contributed by atoms with van der Waals surface area (Å²) >= 11 is 0. The molecule has 0 bridgehead atoms. The molecule has 4 rings (SSSR count). The third-order valence-electron chi connectivity index (χ3n) is 6.68. The molecule has 0 saturated carbocycles. The van der Waals surface area contributed by atoms with Crippen molar-refractivity contribution in [3.63, 3.8) is 0 Å². The molecule has 0 unspecified atom stereocenters. The summed E-state index contributed by atoms with van der Waals surface area (Å²) in [5.74, 6) is -1.09. The number of fused-ring (bicyclic) bond motifs is 1. The van der Waals surface area contributed by atoms with Crippen molar-refractivity contribution >= 4 is 23.3 Å². The van der Waals surface area contributed by atoms with Gasteiger partial charge < -0.3 is 29.1 Å². The van der Waals surface area contributed by atoms with Crippen molar-refractivity contribution in [3.05, 3.63) is 46.8 Å². The minimum absolute atomic E-state index is 0.0670. The van der Waals surface area contributed by atoms with Gasteiger partial charge in [0, 0.05) is 43.4 Å². The summed E-state index contributed by atoms with van der Waals surface area (Å²) in [5, 5.41) is 17.3. The fourth-order valence-electron chi connectivity index (χ4n) is 4.78. The van der Waals surface area contributed by atoms with Gasteiger partial charge in [-0.05, 0) is 49.4 Å². The van der Waals surface area contributed by atoms with Crippen molar-refractivity contribution in [1.29, 1.82) is 5.41 Å². The van der Waals surface area contributed by atoms with Gasteiger partial charge in [-0.25, -0.2) is 4.39 Å². The van der Waals surface area contributed by atoms with Gasteiger partial charge in [0.25, 0.3) is 0 Å². The second kappa shape index (κ2) is 11.5. The van der Waals surface area contributed by atoms with Crippen LogP contribution in [-0.2, 0) is 11.3 Å². The molecule has 10 heteroatoms. The summed E-state index contributed by atoms with van der Waals surface area (Å²) in [5.41, 5.74) is 2.01. The smallest absolute Gasteiger partial charge is 0.303 e. The SMILES string of the molecule is COc1cc2c(c(F)c1OC)C(=N)N(CC(=O)c1cc(OCCCCC(=O)O)cc(N3CCCC3)c1)C2. The largest absolute Gasteiger partial charge is 0.493 e. The summed E-state index contributed by atoms with van der Waals surface area (Å²) in [6, 6.07) is 7.06. The highest BCUT2D eigenvalue weighted by Crippen LogP contribution is 2.38. The predicted octanol–water partition coefficient (Wildman–Crippen LogP) is 4.10. The van der Waals surface area contributed by atoms with E-state index in [2.05, 4.69) is 4.90 Å². The molecule has 0 aromatic heterocycles. The number of carboxylic acids is 1. The number of nitrogens with zero attached hydrogens (tertiary/aromatic N) is 2. The van der Waals surface area contributed by atoms with Crippen LogP contribution in [0.5, 0.6) is 17.2 Å². The Hall–Kier alpha value is -3.82. The lowest BCUT2D eigenvalue weighted by Crippen LogP contribution is -2.30. The number of Topliss-reactive ketones (excluding diaryl/α,β-unsaturated/α-hetero) is 1. The van der Waals surface area contributed by atoms with Gasteiger partial charge in [0.1, 0.15) is 11.6 Å². The molecule has 2 aliphatic heterocycles. The predicted molar refractivity (Wildman–Crippen MR) is 136 cm³/mol. The number of rotatable bonds is 12. The molecule has 0 amide bonds. The second-order valence-electron chi connectivity index (χ2n) is 9.20. The minimum atomic E-state index is -0.838. The van der Waals surface area contributed by atoms with Gasteiger partial charge in [-0.15, -0.1) is 0 Å². The number of nitrogens with one attached hydrogen (secondary N) is 1. The normalized spacial score (nSPS) is 14.6. The molecule has 2 aliphatic rings. The number of methoxy groups -OCH3 is 2. The molecule has 1 saturated heterocycles. The first-order valence-corrected chi connectivity index (χ1v) is 12.4. The number of benzene rings is 2. The Morgan fingerprint density at radius 2 is 1.84 bits per heavy atom. The third kappa shape index (κ3) is 5.79. The number of carboxylic acid groups (broad SMARTS) is 1. The zero-order valence-corrected chi connectivity index (χ0v) is 21.1. The number of aliphatic carboxylic acids is 1. The highest BCUT2D eigenvalue weighted by atomic mass is 19.1. The van der Waals surface area contributed by atoms with E-state index in [0.717, 1.165) is 31.6 Å². The molecule has 0 spiro atoms. The van der Waals surface area contributed by atoms with Crippen molar-refractivity contribution in [2.45, 2.75) is 38.6 Å². The average Bonchev–Trinajstić information content (AvgIpc) is 3.52. The van der Waals surface area contributed by atoms with E-state index in [1.165, 1.54) is 19.1 Å². The molecular weight excluding hydrogens is 481 g/mol. The van der Waals surface area contributed by atoms with E-state index in [-0.39, 0.29) is 48.2 Å². The summed E-state index contributed by atoms with van der Waals surface area (Å²) in [6.45, 7) is 2.24. The van der Waals surface area contributed by atoms with E-state index >= 15 is 4.39 Å². The standard InChI is InChI=1S/C27H32FN3O6/c1-35-22-13-18-15-31(27(29)24(18)25(28)26(22)36-2)16-21(32)17-11-19(30-8-4-5-9-30)14-20(12-17)37-10-6-3-7-23(33)34/h11-14,29H,3-10,15-16H2,1-2H3,(H,33,34). The number of anilines is 1. The third-order valence-corrected chi connectivity index (χ3v) is 6.68. The van der Waals surface area contributed by atoms with E-state index in [4.69, 9.17) is 24.7 Å².